The number of hydrogen-bond acceptors (Lipinski definition) is 2. The number of para-hydroxylation sites is 1. The summed E-state index contributed by atoms with van der Waals surface area (Å²) in [4.78, 5) is 14.6. The Kier molecular flexibility index (Phi) is 2.49. The van der Waals surface area contributed by atoms with Crippen LogP contribution < -0.4 is 0 Å². The lowest BCUT2D eigenvalue weighted by molar-refractivity contribution is -0.136. The Balaban J connectivity index is 2.84. The fraction of sp³-hybridized carbons (Fsp3) is 0.0909. The second-order valence-electron chi connectivity index (χ2n) is 3.36. The van der Waals surface area contributed by atoms with E-state index in [1.54, 1.807) is 0 Å². The highest BCUT2D eigenvalue weighted by Crippen LogP contribution is 2.34. The Morgan fingerprint density at radius 1 is 1.24 bits per heavy atom. The molecule has 0 aliphatic carbocycles. The van der Waals surface area contributed by atoms with Gasteiger partial charge in [0.05, 0.1) is 16.6 Å². The van der Waals surface area contributed by atoms with Gasteiger partial charge in [-0.3, -0.25) is 4.98 Å². The molecule has 0 atom stereocenters. The minimum absolute atomic E-state index is 0.158. The first kappa shape index (κ1) is 11.4. The highest BCUT2D eigenvalue weighted by molar-refractivity contribution is 6.02. The van der Waals surface area contributed by atoms with E-state index in [9.17, 15) is 18.0 Å². The van der Waals surface area contributed by atoms with Crippen LogP contribution in [0.3, 0.4) is 0 Å². The maximum atomic E-state index is 12.7. The van der Waals surface area contributed by atoms with Crippen molar-refractivity contribution < 1.29 is 23.1 Å². The van der Waals surface area contributed by atoms with Crippen molar-refractivity contribution in [3.63, 3.8) is 0 Å². The van der Waals surface area contributed by atoms with Crippen molar-refractivity contribution in [2.45, 2.75) is 6.18 Å². The minimum Gasteiger partial charge on any atom is -0.478 e. The molecular formula is C11H6F3NO2. The largest absolute Gasteiger partial charge is 0.478 e. The summed E-state index contributed by atoms with van der Waals surface area (Å²) >= 11 is 0. The fourth-order valence-corrected chi connectivity index (χ4v) is 1.60. The van der Waals surface area contributed by atoms with Crippen molar-refractivity contribution in [2.24, 2.45) is 0 Å². The maximum absolute atomic E-state index is 12.7. The lowest BCUT2D eigenvalue weighted by Crippen LogP contribution is -2.07. The van der Waals surface area contributed by atoms with Crippen LogP contribution in [0.4, 0.5) is 13.2 Å². The van der Waals surface area contributed by atoms with Gasteiger partial charge in [-0.05, 0) is 12.1 Å². The van der Waals surface area contributed by atoms with Gasteiger partial charge in [0.2, 0.25) is 0 Å². The highest BCUT2D eigenvalue weighted by Gasteiger charge is 2.33. The number of fused-ring (bicyclic) bond motifs is 1. The van der Waals surface area contributed by atoms with Gasteiger partial charge in [-0.15, -0.1) is 0 Å². The molecule has 0 bridgehead atoms. The van der Waals surface area contributed by atoms with E-state index in [1.807, 2.05) is 0 Å². The standard InChI is InChI=1S/C11H6F3NO2/c12-11(13,14)8-4-5-15-9-6(8)2-1-3-7(9)10(16)17/h1-5H,(H,16,17). The summed E-state index contributed by atoms with van der Waals surface area (Å²) in [6.07, 6.45) is -3.57. The topological polar surface area (TPSA) is 50.2 Å². The molecule has 17 heavy (non-hydrogen) atoms. The van der Waals surface area contributed by atoms with Crippen molar-refractivity contribution in [2.75, 3.05) is 0 Å². The summed E-state index contributed by atoms with van der Waals surface area (Å²) in [6.45, 7) is 0. The Morgan fingerprint density at radius 3 is 2.53 bits per heavy atom. The quantitative estimate of drug-likeness (QED) is 0.835. The molecule has 2 aromatic rings. The predicted octanol–water partition coefficient (Wildman–Crippen LogP) is 2.95. The zero-order valence-electron chi connectivity index (χ0n) is 8.32. The fourth-order valence-electron chi connectivity index (χ4n) is 1.60. The van der Waals surface area contributed by atoms with Gasteiger partial charge in [0.25, 0.3) is 0 Å². The van der Waals surface area contributed by atoms with Crippen LogP contribution in [0.2, 0.25) is 0 Å². The lowest BCUT2D eigenvalue weighted by atomic mass is 10.1. The van der Waals surface area contributed by atoms with E-state index < -0.39 is 17.7 Å². The summed E-state index contributed by atoms with van der Waals surface area (Å²) in [5, 5.41) is 8.65. The van der Waals surface area contributed by atoms with Crippen LogP contribution in [-0.2, 0) is 6.18 Å². The second kappa shape index (κ2) is 3.73. The van der Waals surface area contributed by atoms with E-state index in [0.717, 1.165) is 12.3 Å². The number of rotatable bonds is 1. The molecular weight excluding hydrogens is 235 g/mol. The van der Waals surface area contributed by atoms with Gasteiger partial charge in [-0.2, -0.15) is 13.2 Å². The Hall–Kier alpha value is -2.11. The van der Waals surface area contributed by atoms with E-state index in [2.05, 4.69) is 4.98 Å². The van der Waals surface area contributed by atoms with Crippen LogP contribution in [0.15, 0.2) is 30.5 Å². The molecule has 3 nitrogen and oxygen atoms in total. The van der Waals surface area contributed by atoms with Gasteiger partial charge in [0.15, 0.2) is 0 Å². The van der Waals surface area contributed by atoms with E-state index in [4.69, 9.17) is 5.11 Å². The number of carboxylic acid groups (broad SMARTS) is 1. The first-order chi connectivity index (χ1) is 7.91. The smallest absolute Gasteiger partial charge is 0.417 e. The number of hydrogen-bond donors (Lipinski definition) is 1. The van der Waals surface area contributed by atoms with Crippen LogP contribution in [0, 0.1) is 0 Å². The molecule has 2 rings (SSSR count). The maximum Gasteiger partial charge on any atom is 0.417 e. The number of aromatic carboxylic acids is 1. The molecule has 6 heteroatoms. The molecule has 0 amide bonds. The van der Waals surface area contributed by atoms with E-state index in [1.165, 1.54) is 18.2 Å². The molecule has 1 N–H and O–H groups in total. The molecule has 0 fully saturated rings. The number of benzene rings is 1. The van der Waals surface area contributed by atoms with Crippen molar-refractivity contribution in [3.05, 3.63) is 41.6 Å². The number of halogens is 3. The first-order valence-electron chi connectivity index (χ1n) is 4.59. The number of pyridine rings is 1. The molecule has 1 aromatic heterocycles. The molecule has 0 saturated heterocycles. The molecule has 0 spiro atoms. The summed E-state index contributed by atoms with van der Waals surface area (Å²) in [7, 11) is 0. The SMILES string of the molecule is O=C(O)c1cccc2c(C(F)(F)F)ccnc12. The van der Waals surface area contributed by atoms with E-state index >= 15 is 0 Å². The second-order valence-corrected chi connectivity index (χ2v) is 3.36. The van der Waals surface area contributed by atoms with Gasteiger partial charge in [-0.1, -0.05) is 12.1 Å². The molecule has 1 aromatic carbocycles. The lowest BCUT2D eigenvalue weighted by Gasteiger charge is -2.10. The third-order valence-electron chi connectivity index (χ3n) is 2.31. The van der Waals surface area contributed by atoms with Crippen molar-refractivity contribution in [1.29, 1.82) is 0 Å². The number of nitrogens with zero attached hydrogens (tertiary/aromatic N) is 1. The van der Waals surface area contributed by atoms with Crippen LogP contribution in [0.25, 0.3) is 10.9 Å². The third kappa shape index (κ3) is 1.93. The predicted molar refractivity (Wildman–Crippen MR) is 53.7 cm³/mol. The van der Waals surface area contributed by atoms with Crippen LogP contribution >= 0.6 is 0 Å². The number of carboxylic acids is 1. The normalized spacial score (nSPS) is 11.7. The van der Waals surface area contributed by atoms with Crippen LogP contribution in [0.1, 0.15) is 15.9 Å². The summed E-state index contributed by atoms with van der Waals surface area (Å²) < 4.78 is 38.0. The Labute approximate surface area is 93.5 Å². The molecule has 0 unspecified atom stereocenters. The molecule has 1 heterocycles. The Morgan fingerprint density at radius 2 is 1.94 bits per heavy atom. The number of carbonyl (C=O) groups is 1. The first-order valence-corrected chi connectivity index (χ1v) is 4.59. The zero-order chi connectivity index (χ0) is 12.6. The van der Waals surface area contributed by atoms with Gasteiger partial charge in [-0.25, -0.2) is 4.79 Å². The van der Waals surface area contributed by atoms with Gasteiger partial charge in [0.1, 0.15) is 0 Å². The van der Waals surface area contributed by atoms with Crippen molar-refractivity contribution >= 4 is 16.9 Å². The summed E-state index contributed by atoms with van der Waals surface area (Å²) in [5.74, 6) is -1.30. The van der Waals surface area contributed by atoms with E-state index in [0.29, 0.717) is 0 Å². The van der Waals surface area contributed by atoms with Gasteiger partial charge >= 0.3 is 12.1 Å². The van der Waals surface area contributed by atoms with Crippen LogP contribution in [0.5, 0.6) is 0 Å². The molecule has 88 valence electrons. The van der Waals surface area contributed by atoms with Crippen molar-refractivity contribution in [3.8, 4) is 0 Å². The molecule has 0 aliphatic heterocycles. The number of alkyl halides is 3. The van der Waals surface area contributed by atoms with Gasteiger partial charge < -0.3 is 5.11 Å². The molecule has 0 radical (unpaired) electrons. The zero-order valence-corrected chi connectivity index (χ0v) is 8.32. The van der Waals surface area contributed by atoms with E-state index in [-0.39, 0.29) is 16.5 Å². The van der Waals surface area contributed by atoms with Crippen molar-refractivity contribution in [1.82, 2.24) is 4.98 Å². The van der Waals surface area contributed by atoms with Crippen LogP contribution in [-0.4, -0.2) is 16.1 Å². The average molecular weight is 241 g/mol. The average Bonchev–Trinajstić information content (AvgIpc) is 2.26. The third-order valence-corrected chi connectivity index (χ3v) is 2.31. The minimum atomic E-state index is -4.53. The molecule has 0 aliphatic rings. The Bertz CT molecular complexity index is 593. The highest BCUT2D eigenvalue weighted by atomic mass is 19.4. The summed E-state index contributed by atoms with van der Waals surface area (Å²) in [6, 6.07) is 4.52. The van der Waals surface area contributed by atoms with Gasteiger partial charge in [0, 0.05) is 11.6 Å². The monoisotopic (exact) mass is 241 g/mol. The molecule has 0 saturated carbocycles. The summed E-state index contributed by atoms with van der Waals surface area (Å²) in [5.41, 5.74) is -1.28. The number of aromatic nitrogens is 1.